The van der Waals surface area contributed by atoms with Gasteiger partial charge < -0.3 is 14.9 Å². The topological polar surface area (TPSA) is 59.9 Å². The van der Waals surface area contributed by atoms with Crippen LogP contribution in [0.25, 0.3) is 10.9 Å². The molecule has 1 N–H and O–H groups in total. The van der Waals surface area contributed by atoms with E-state index in [4.69, 9.17) is 0 Å². The van der Waals surface area contributed by atoms with Gasteiger partial charge in [0.25, 0.3) is 5.91 Å². The standard InChI is InChI=1S/C23H32N4O2/c1-25-10-12-26(13-11-25)22-8-9-27(17-19(22)6-4-14-28)23(29)20-15-18-5-2-3-7-21(18)24-16-20/h2-3,5,7,15-16,19,22,28H,4,6,8-14,17H2,1H3/t19-,22+/m0/s1. The Balaban J connectivity index is 1.47. The van der Waals surface area contributed by atoms with Crippen molar-refractivity contribution in [3.8, 4) is 0 Å². The smallest absolute Gasteiger partial charge is 0.255 e. The van der Waals surface area contributed by atoms with Crippen molar-refractivity contribution in [3.05, 3.63) is 42.1 Å². The molecule has 2 saturated heterocycles. The zero-order chi connectivity index (χ0) is 20.2. The molecule has 0 radical (unpaired) electrons. The molecule has 6 nitrogen and oxygen atoms in total. The number of amides is 1. The van der Waals surface area contributed by atoms with Crippen molar-refractivity contribution >= 4 is 16.8 Å². The van der Waals surface area contributed by atoms with Crippen molar-refractivity contribution in [3.63, 3.8) is 0 Å². The second-order valence-corrected chi connectivity index (χ2v) is 8.49. The average molecular weight is 397 g/mol. The fraction of sp³-hybridized carbons (Fsp3) is 0.565. The Bertz CT molecular complexity index is 834. The Labute approximate surface area is 173 Å². The number of hydrogen-bond acceptors (Lipinski definition) is 5. The number of pyridine rings is 1. The number of fused-ring (bicyclic) bond motifs is 1. The van der Waals surface area contributed by atoms with Gasteiger partial charge in [0, 0.05) is 63.5 Å². The minimum atomic E-state index is 0.0779. The SMILES string of the molecule is CN1CCN([C@@H]2CCN(C(=O)c3cnc4ccccc4c3)C[C@@H]2CCCO)CC1. The first-order chi connectivity index (χ1) is 14.2. The number of carbonyl (C=O) groups excluding carboxylic acids is 1. The fourth-order valence-corrected chi connectivity index (χ4v) is 4.85. The minimum Gasteiger partial charge on any atom is -0.396 e. The number of nitrogens with zero attached hydrogens (tertiary/aromatic N) is 4. The summed E-state index contributed by atoms with van der Waals surface area (Å²) < 4.78 is 0. The summed E-state index contributed by atoms with van der Waals surface area (Å²) in [6.07, 6.45) is 4.48. The molecule has 29 heavy (non-hydrogen) atoms. The van der Waals surface area contributed by atoms with E-state index in [9.17, 15) is 9.90 Å². The lowest BCUT2D eigenvalue weighted by molar-refractivity contribution is 0.0218. The summed E-state index contributed by atoms with van der Waals surface area (Å²) in [6.45, 7) is 6.18. The Morgan fingerprint density at radius 2 is 1.97 bits per heavy atom. The molecule has 1 aromatic carbocycles. The maximum Gasteiger partial charge on any atom is 0.255 e. The Kier molecular flexibility index (Phi) is 6.43. The molecule has 4 rings (SSSR count). The number of likely N-dealkylation sites (tertiary alicyclic amines) is 1. The number of aliphatic hydroxyl groups is 1. The molecule has 0 bridgehead atoms. The fourth-order valence-electron chi connectivity index (χ4n) is 4.85. The number of rotatable bonds is 5. The zero-order valence-corrected chi connectivity index (χ0v) is 17.3. The van der Waals surface area contributed by atoms with E-state index >= 15 is 0 Å². The highest BCUT2D eigenvalue weighted by molar-refractivity contribution is 5.97. The number of piperazine rings is 1. The predicted octanol–water partition coefficient (Wildman–Crippen LogP) is 2.09. The minimum absolute atomic E-state index is 0.0779. The van der Waals surface area contributed by atoms with E-state index in [2.05, 4.69) is 21.8 Å². The van der Waals surface area contributed by atoms with Gasteiger partial charge in [0.05, 0.1) is 11.1 Å². The summed E-state index contributed by atoms with van der Waals surface area (Å²) in [4.78, 5) is 24.7. The molecule has 2 aliphatic rings. The lowest BCUT2D eigenvalue weighted by Gasteiger charge is -2.46. The van der Waals surface area contributed by atoms with E-state index in [0.29, 0.717) is 17.5 Å². The highest BCUT2D eigenvalue weighted by Crippen LogP contribution is 2.28. The molecular formula is C23H32N4O2. The van der Waals surface area contributed by atoms with E-state index < -0.39 is 0 Å². The van der Waals surface area contributed by atoms with Gasteiger partial charge >= 0.3 is 0 Å². The van der Waals surface area contributed by atoms with Gasteiger partial charge in [0.15, 0.2) is 0 Å². The summed E-state index contributed by atoms with van der Waals surface area (Å²) in [5.41, 5.74) is 1.58. The van der Waals surface area contributed by atoms with Gasteiger partial charge in [-0.15, -0.1) is 0 Å². The molecule has 6 heteroatoms. The first-order valence-electron chi connectivity index (χ1n) is 10.8. The Morgan fingerprint density at radius 1 is 1.17 bits per heavy atom. The van der Waals surface area contributed by atoms with E-state index in [1.165, 1.54) is 0 Å². The number of aliphatic hydroxyl groups excluding tert-OH is 1. The van der Waals surface area contributed by atoms with E-state index in [1.54, 1.807) is 6.20 Å². The molecule has 1 aromatic heterocycles. The molecule has 3 heterocycles. The molecule has 0 spiro atoms. The monoisotopic (exact) mass is 396 g/mol. The maximum absolute atomic E-state index is 13.2. The Morgan fingerprint density at radius 3 is 2.76 bits per heavy atom. The number of carbonyl (C=O) groups is 1. The van der Waals surface area contributed by atoms with Crippen LogP contribution in [-0.4, -0.2) is 89.7 Å². The van der Waals surface area contributed by atoms with Crippen molar-refractivity contribution in [2.24, 2.45) is 5.92 Å². The molecule has 2 fully saturated rings. The van der Waals surface area contributed by atoms with Gasteiger partial charge in [-0.1, -0.05) is 18.2 Å². The van der Waals surface area contributed by atoms with Crippen LogP contribution in [0.4, 0.5) is 0 Å². The Hall–Kier alpha value is -2.02. The summed E-state index contributed by atoms with van der Waals surface area (Å²) in [5, 5.41) is 10.4. The normalized spacial score (nSPS) is 24.1. The first-order valence-corrected chi connectivity index (χ1v) is 10.8. The third-order valence-electron chi connectivity index (χ3n) is 6.56. The van der Waals surface area contributed by atoms with Gasteiger partial charge in [-0.05, 0) is 44.4 Å². The van der Waals surface area contributed by atoms with Crippen molar-refractivity contribution in [2.75, 3.05) is 52.9 Å². The van der Waals surface area contributed by atoms with Crippen LogP contribution in [0.15, 0.2) is 36.5 Å². The summed E-state index contributed by atoms with van der Waals surface area (Å²) in [7, 11) is 2.18. The molecule has 2 atom stereocenters. The third-order valence-corrected chi connectivity index (χ3v) is 6.56. The first kappa shape index (κ1) is 20.3. The maximum atomic E-state index is 13.2. The summed E-state index contributed by atoms with van der Waals surface area (Å²) in [5.74, 6) is 0.491. The van der Waals surface area contributed by atoms with Crippen LogP contribution in [-0.2, 0) is 0 Å². The largest absolute Gasteiger partial charge is 0.396 e. The van der Waals surface area contributed by atoms with Gasteiger partial charge in [-0.25, -0.2) is 0 Å². The van der Waals surface area contributed by atoms with E-state index in [0.717, 1.165) is 69.4 Å². The lowest BCUT2D eigenvalue weighted by Crippen LogP contribution is -2.56. The van der Waals surface area contributed by atoms with Gasteiger partial charge in [0.2, 0.25) is 0 Å². The summed E-state index contributed by atoms with van der Waals surface area (Å²) in [6, 6.07) is 10.4. The zero-order valence-electron chi connectivity index (χ0n) is 17.3. The van der Waals surface area contributed by atoms with Crippen LogP contribution in [0, 0.1) is 5.92 Å². The van der Waals surface area contributed by atoms with Crippen LogP contribution in [0.5, 0.6) is 0 Å². The predicted molar refractivity (Wildman–Crippen MR) is 115 cm³/mol. The summed E-state index contributed by atoms with van der Waals surface area (Å²) >= 11 is 0. The second kappa shape index (κ2) is 9.20. The average Bonchev–Trinajstić information content (AvgIpc) is 2.77. The molecule has 0 saturated carbocycles. The highest BCUT2D eigenvalue weighted by atomic mass is 16.3. The highest BCUT2D eigenvalue weighted by Gasteiger charge is 2.35. The molecule has 1 amide bonds. The number of likely N-dealkylation sites (N-methyl/N-ethyl adjacent to an activating group) is 1. The van der Waals surface area contributed by atoms with Crippen LogP contribution < -0.4 is 0 Å². The van der Waals surface area contributed by atoms with Crippen molar-refractivity contribution in [2.45, 2.75) is 25.3 Å². The van der Waals surface area contributed by atoms with Crippen molar-refractivity contribution in [1.29, 1.82) is 0 Å². The van der Waals surface area contributed by atoms with Crippen molar-refractivity contribution in [1.82, 2.24) is 19.7 Å². The molecule has 2 aromatic rings. The van der Waals surface area contributed by atoms with Crippen LogP contribution in [0.1, 0.15) is 29.6 Å². The molecule has 0 unspecified atom stereocenters. The number of para-hydroxylation sites is 1. The van der Waals surface area contributed by atoms with Crippen LogP contribution in [0.2, 0.25) is 0 Å². The number of hydrogen-bond donors (Lipinski definition) is 1. The lowest BCUT2D eigenvalue weighted by atomic mass is 9.86. The van der Waals surface area contributed by atoms with Gasteiger partial charge in [-0.2, -0.15) is 0 Å². The third kappa shape index (κ3) is 4.60. The number of benzene rings is 1. The van der Waals surface area contributed by atoms with Crippen LogP contribution in [0.3, 0.4) is 0 Å². The molecule has 0 aliphatic carbocycles. The van der Waals surface area contributed by atoms with Crippen molar-refractivity contribution < 1.29 is 9.90 Å². The van der Waals surface area contributed by atoms with Crippen LogP contribution >= 0.6 is 0 Å². The molecular weight excluding hydrogens is 364 g/mol. The van der Waals surface area contributed by atoms with E-state index in [-0.39, 0.29) is 12.5 Å². The van der Waals surface area contributed by atoms with Gasteiger partial charge in [-0.3, -0.25) is 14.7 Å². The second-order valence-electron chi connectivity index (χ2n) is 8.49. The molecule has 2 aliphatic heterocycles. The quantitative estimate of drug-likeness (QED) is 0.839. The number of aromatic nitrogens is 1. The van der Waals surface area contributed by atoms with E-state index in [1.807, 2.05) is 35.2 Å². The van der Waals surface area contributed by atoms with Gasteiger partial charge in [0.1, 0.15) is 0 Å². The number of piperidine rings is 1. The molecule has 156 valence electrons.